The summed E-state index contributed by atoms with van der Waals surface area (Å²) in [6, 6.07) is 0. The third kappa shape index (κ3) is 79.8. The van der Waals surface area contributed by atoms with Crippen LogP contribution in [0.1, 0.15) is 303 Å². The van der Waals surface area contributed by atoms with Crippen LogP contribution in [0.4, 0.5) is 0 Å². The average molecular weight is 1510 g/mol. The van der Waals surface area contributed by atoms with Crippen LogP contribution in [0.2, 0.25) is 0 Å². The van der Waals surface area contributed by atoms with E-state index in [9.17, 15) is 43.5 Å². The van der Waals surface area contributed by atoms with Gasteiger partial charge in [-0.25, -0.2) is 9.13 Å². The van der Waals surface area contributed by atoms with Crippen molar-refractivity contribution in [1.29, 1.82) is 0 Å². The van der Waals surface area contributed by atoms with E-state index in [-0.39, 0.29) is 19.3 Å². The standard InChI is InChI=1S/C87H144O16P2/c1-4-7-10-13-16-19-22-25-28-31-34-36-38-40-42-44-47-49-52-55-58-61-64-67-70-73-85(90)97-76-82(88)77-99-104(93,94)100-78-83(89)79-101-105(95,96)102-81-84(103-87(92)75-72-69-66-63-60-57-54-51-46-33-30-27-24-21-18-15-12-9-6-3)80-98-86(91)74-71-68-65-62-59-56-53-50-48-45-43-41-39-37-35-32-29-26-23-20-17-14-11-8-5-2/h7-12,16-21,25-30,34-37,40-43,46,51,82-84,88-89H,4-6,13-15,22-24,31-33,38-39,44-45,47-50,52-81H2,1-3H3,(H,93,94)(H,95,96)/b10-7-,11-8-,12-9-,19-16-,20-17-,21-18-,28-25-,29-26-,30-27-,36-34-,37-35-,42-40-,43-41-,51-46-. The summed E-state index contributed by atoms with van der Waals surface area (Å²) in [5.41, 5.74) is 0. The Balaban J connectivity index is 4.69. The van der Waals surface area contributed by atoms with Crippen molar-refractivity contribution in [3.8, 4) is 0 Å². The molecule has 5 atom stereocenters. The number of aliphatic hydroxyl groups is 2. The highest BCUT2D eigenvalue weighted by atomic mass is 31.2. The Morgan fingerprint density at radius 3 is 0.752 bits per heavy atom. The largest absolute Gasteiger partial charge is 0.472 e. The molecule has 598 valence electrons. The van der Waals surface area contributed by atoms with Crippen LogP contribution in [-0.2, 0) is 55.8 Å². The number of carbonyl (C=O) groups is 3. The number of phosphoric acid groups is 2. The Labute approximate surface area is 637 Å². The van der Waals surface area contributed by atoms with E-state index < -0.39 is 91.5 Å². The lowest BCUT2D eigenvalue weighted by molar-refractivity contribution is -0.161. The molecule has 0 bridgehead atoms. The smallest absolute Gasteiger partial charge is 0.463 e. The predicted molar refractivity (Wildman–Crippen MR) is 435 cm³/mol. The fourth-order valence-corrected chi connectivity index (χ4v) is 12.0. The van der Waals surface area contributed by atoms with Gasteiger partial charge in [0.15, 0.2) is 6.10 Å². The molecule has 0 heterocycles. The van der Waals surface area contributed by atoms with E-state index in [2.05, 4.69) is 191 Å². The summed E-state index contributed by atoms with van der Waals surface area (Å²) in [4.78, 5) is 58.8. The van der Waals surface area contributed by atoms with Crippen molar-refractivity contribution in [3.63, 3.8) is 0 Å². The fraction of sp³-hybridized carbons (Fsp3) is 0.644. The second-order valence-electron chi connectivity index (χ2n) is 26.4. The number of hydrogen-bond donors (Lipinski definition) is 4. The van der Waals surface area contributed by atoms with E-state index in [0.29, 0.717) is 19.3 Å². The maximum absolute atomic E-state index is 13.0. The van der Waals surface area contributed by atoms with Gasteiger partial charge < -0.3 is 34.2 Å². The summed E-state index contributed by atoms with van der Waals surface area (Å²) >= 11 is 0. The lowest BCUT2D eigenvalue weighted by Gasteiger charge is -2.21. The molecule has 0 aromatic carbocycles. The van der Waals surface area contributed by atoms with Crippen molar-refractivity contribution >= 4 is 33.6 Å². The molecule has 105 heavy (non-hydrogen) atoms. The molecule has 0 saturated carbocycles. The summed E-state index contributed by atoms with van der Waals surface area (Å²) in [7, 11) is -9.81. The molecule has 0 aliphatic heterocycles. The molecule has 0 radical (unpaired) electrons. The number of esters is 3. The number of carbonyl (C=O) groups excluding carboxylic acids is 3. The van der Waals surface area contributed by atoms with Gasteiger partial charge in [0.1, 0.15) is 25.4 Å². The Kier molecular flexibility index (Phi) is 74.7. The minimum atomic E-state index is -4.95. The van der Waals surface area contributed by atoms with Crippen LogP contribution in [0.5, 0.6) is 0 Å². The first-order chi connectivity index (χ1) is 51.2. The van der Waals surface area contributed by atoms with E-state index in [4.69, 9.17) is 32.3 Å². The first-order valence-electron chi connectivity index (χ1n) is 40.4. The second kappa shape index (κ2) is 78.5. The highest BCUT2D eigenvalue weighted by Gasteiger charge is 2.29. The van der Waals surface area contributed by atoms with Crippen LogP contribution in [-0.4, -0.2) is 95.9 Å². The predicted octanol–water partition coefficient (Wildman–Crippen LogP) is 24.0. The van der Waals surface area contributed by atoms with Gasteiger partial charge in [0.25, 0.3) is 0 Å². The number of hydrogen-bond acceptors (Lipinski definition) is 14. The van der Waals surface area contributed by atoms with E-state index in [1.807, 2.05) is 0 Å². The van der Waals surface area contributed by atoms with Crippen molar-refractivity contribution in [3.05, 3.63) is 170 Å². The van der Waals surface area contributed by atoms with Gasteiger partial charge in [-0.15, -0.1) is 0 Å². The van der Waals surface area contributed by atoms with Crippen LogP contribution in [0.3, 0.4) is 0 Å². The molecule has 0 aromatic heterocycles. The SMILES string of the molecule is CC/C=C\C/C=C\C/C=C\C/C=C\C/C=C\CCCCCCCCCCCC(=O)OCC(O)COP(=O)(O)OCC(O)COP(=O)(O)OCC(COC(=O)CCCCCCCCCCC/C=C\C/C=C\C/C=C\C/C=C\C/C=C\CC)OC(=O)CCCCCCCC/C=C\C/C=C\C/C=C\C/C=C\CC. The Hall–Kier alpha value is -5.09. The third-order valence-electron chi connectivity index (χ3n) is 16.4. The van der Waals surface area contributed by atoms with Crippen LogP contribution in [0, 0.1) is 0 Å². The Bertz CT molecular complexity index is 2590. The van der Waals surface area contributed by atoms with Crippen molar-refractivity contribution in [2.75, 3.05) is 39.6 Å². The maximum atomic E-state index is 13.0. The van der Waals surface area contributed by atoms with Gasteiger partial charge in [0.2, 0.25) is 0 Å². The summed E-state index contributed by atoms with van der Waals surface area (Å²) < 4.78 is 61.2. The summed E-state index contributed by atoms with van der Waals surface area (Å²) in [5, 5.41) is 20.7. The van der Waals surface area contributed by atoms with Crippen molar-refractivity contribution < 1.29 is 75.8 Å². The van der Waals surface area contributed by atoms with Crippen LogP contribution in [0.25, 0.3) is 0 Å². The van der Waals surface area contributed by atoms with Gasteiger partial charge in [0, 0.05) is 19.3 Å². The third-order valence-corrected chi connectivity index (χ3v) is 18.3. The zero-order chi connectivity index (χ0) is 76.6. The average Bonchev–Trinajstić information content (AvgIpc) is 0.923. The first-order valence-corrected chi connectivity index (χ1v) is 43.4. The van der Waals surface area contributed by atoms with Gasteiger partial charge in [-0.2, -0.15) is 0 Å². The summed E-state index contributed by atoms with van der Waals surface area (Å²) in [5.74, 6) is -1.61. The number of aliphatic hydroxyl groups excluding tert-OH is 2. The Morgan fingerprint density at radius 1 is 0.267 bits per heavy atom. The molecular formula is C87H144O16P2. The number of rotatable bonds is 75. The van der Waals surface area contributed by atoms with Crippen LogP contribution >= 0.6 is 15.6 Å². The van der Waals surface area contributed by atoms with Gasteiger partial charge in [-0.1, -0.05) is 306 Å². The molecule has 0 saturated heterocycles. The van der Waals surface area contributed by atoms with E-state index in [1.54, 1.807) is 0 Å². The van der Waals surface area contributed by atoms with E-state index in [1.165, 1.54) is 51.4 Å². The fourth-order valence-electron chi connectivity index (χ4n) is 10.4. The molecule has 0 rings (SSSR count). The normalized spacial score (nSPS) is 14.8. The van der Waals surface area contributed by atoms with Crippen molar-refractivity contribution in [2.24, 2.45) is 0 Å². The lowest BCUT2D eigenvalue weighted by atomic mass is 10.1. The van der Waals surface area contributed by atoms with E-state index in [0.717, 1.165) is 193 Å². The molecule has 0 spiro atoms. The summed E-state index contributed by atoms with van der Waals surface area (Å²) in [6.45, 7) is 2.31. The molecule has 5 unspecified atom stereocenters. The minimum Gasteiger partial charge on any atom is -0.463 e. The van der Waals surface area contributed by atoms with Crippen molar-refractivity contribution in [1.82, 2.24) is 0 Å². The van der Waals surface area contributed by atoms with Gasteiger partial charge in [-0.3, -0.25) is 32.5 Å². The highest BCUT2D eigenvalue weighted by Crippen LogP contribution is 2.45. The topological polar surface area (TPSA) is 231 Å². The van der Waals surface area contributed by atoms with Gasteiger partial charge in [0.05, 0.1) is 26.4 Å². The molecule has 16 nitrogen and oxygen atoms in total. The maximum Gasteiger partial charge on any atom is 0.472 e. The number of phosphoric ester groups is 2. The van der Waals surface area contributed by atoms with Crippen LogP contribution in [0.15, 0.2) is 170 Å². The molecule has 0 aliphatic carbocycles. The Morgan fingerprint density at radius 2 is 0.476 bits per heavy atom. The zero-order valence-electron chi connectivity index (χ0n) is 65.3. The molecule has 0 fully saturated rings. The molecule has 18 heteroatoms. The lowest BCUT2D eigenvalue weighted by Crippen LogP contribution is -2.30. The van der Waals surface area contributed by atoms with Crippen LogP contribution < -0.4 is 0 Å². The van der Waals surface area contributed by atoms with Gasteiger partial charge in [-0.05, 0) is 148 Å². The molecular weight excluding hydrogens is 1360 g/mol. The summed E-state index contributed by atoms with van der Waals surface area (Å²) in [6.07, 6.45) is 99.5. The number of unbranched alkanes of at least 4 members (excludes halogenated alkanes) is 24. The quantitative estimate of drug-likeness (QED) is 0.0146. The second-order valence-corrected chi connectivity index (χ2v) is 29.3. The number of allylic oxidation sites excluding steroid dienone is 28. The minimum absolute atomic E-state index is 0.0812. The molecule has 0 aliphatic rings. The first kappa shape index (κ1) is 99.9. The van der Waals surface area contributed by atoms with E-state index >= 15 is 0 Å². The van der Waals surface area contributed by atoms with Crippen molar-refractivity contribution in [2.45, 2.75) is 322 Å². The molecule has 4 N–H and O–H groups in total. The zero-order valence-corrected chi connectivity index (χ0v) is 67.1. The van der Waals surface area contributed by atoms with Gasteiger partial charge >= 0.3 is 33.6 Å². The monoisotopic (exact) mass is 1510 g/mol. The highest BCUT2D eigenvalue weighted by molar-refractivity contribution is 7.47. The molecule has 0 aromatic rings. The molecule has 0 amide bonds. The number of ether oxygens (including phenoxy) is 3.